The van der Waals surface area contributed by atoms with Crippen molar-refractivity contribution in [3.05, 3.63) is 51.7 Å². The first-order chi connectivity index (χ1) is 7.78. The molecule has 0 aliphatic heterocycles. The summed E-state index contributed by atoms with van der Waals surface area (Å²) in [4.78, 5) is 6.98. The lowest BCUT2D eigenvalue weighted by Gasteiger charge is -1.96. The fraction of sp³-hybridized carbons (Fsp3) is 0.214. The summed E-state index contributed by atoms with van der Waals surface area (Å²) in [7, 11) is 0. The average molecular weight is 229 g/mol. The standard InChI is InChI=1S/C14H15NS/c1-3-12-5-7-13(8-6-12)15-10-14-9-4-11(2)16-14/h4-10H,3H2,1-2H3. The molecule has 2 aromatic rings. The largest absolute Gasteiger partial charge is 0.255 e. The third-order valence-corrected chi connectivity index (χ3v) is 3.38. The topological polar surface area (TPSA) is 12.4 Å². The van der Waals surface area contributed by atoms with E-state index in [0.717, 1.165) is 12.1 Å². The molecule has 0 aliphatic rings. The lowest BCUT2D eigenvalue weighted by atomic mass is 10.1. The second-order valence-electron chi connectivity index (χ2n) is 3.73. The van der Waals surface area contributed by atoms with Crippen LogP contribution in [0.5, 0.6) is 0 Å². The predicted molar refractivity (Wildman–Crippen MR) is 72.1 cm³/mol. The van der Waals surface area contributed by atoms with E-state index in [1.165, 1.54) is 15.3 Å². The Labute approximate surface area is 100 Å². The van der Waals surface area contributed by atoms with Crippen LogP contribution in [0.25, 0.3) is 0 Å². The molecule has 0 aliphatic carbocycles. The quantitative estimate of drug-likeness (QED) is 0.693. The molecular formula is C14H15NS. The molecule has 1 aromatic carbocycles. The molecule has 16 heavy (non-hydrogen) atoms. The van der Waals surface area contributed by atoms with Gasteiger partial charge in [-0.3, -0.25) is 4.99 Å². The highest BCUT2D eigenvalue weighted by atomic mass is 32.1. The number of thiophene rings is 1. The fourth-order valence-electron chi connectivity index (χ4n) is 1.48. The SMILES string of the molecule is CCc1ccc(N=Cc2ccc(C)s2)cc1. The molecule has 0 N–H and O–H groups in total. The Hall–Kier alpha value is -1.41. The number of aryl methyl sites for hydroxylation is 2. The van der Waals surface area contributed by atoms with Crippen molar-refractivity contribution in [3.8, 4) is 0 Å². The maximum Gasteiger partial charge on any atom is 0.0630 e. The van der Waals surface area contributed by atoms with Crippen molar-refractivity contribution in [2.75, 3.05) is 0 Å². The molecule has 1 heterocycles. The zero-order valence-corrected chi connectivity index (χ0v) is 10.4. The fourth-order valence-corrected chi connectivity index (χ4v) is 2.23. The van der Waals surface area contributed by atoms with Crippen LogP contribution in [-0.4, -0.2) is 6.21 Å². The van der Waals surface area contributed by atoms with Crippen molar-refractivity contribution in [1.82, 2.24) is 0 Å². The highest BCUT2D eigenvalue weighted by Crippen LogP contribution is 2.16. The van der Waals surface area contributed by atoms with E-state index in [-0.39, 0.29) is 0 Å². The maximum atomic E-state index is 4.45. The Kier molecular flexibility index (Phi) is 3.52. The minimum Gasteiger partial charge on any atom is -0.255 e. The minimum absolute atomic E-state index is 1.02. The summed E-state index contributed by atoms with van der Waals surface area (Å²) in [6.07, 6.45) is 3.01. The van der Waals surface area contributed by atoms with E-state index < -0.39 is 0 Å². The normalized spacial score (nSPS) is 11.1. The van der Waals surface area contributed by atoms with Crippen molar-refractivity contribution < 1.29 is 0 Å². The average Bonchev–Trinajstić information content (AvgIpc) is 2.73. The minimum atomic E-state index is 1.02. The molecule has 1 nitrogen and oxygen atoms in total. The Bertz CT molecular complexity index is 480. The van der Waals surface area contributed by atoms with Gasteiger partial charge in [0.15, 0.2) is 0 Å². The third-order valence-electron chi connectivity index (χ3n) is 2.45. The first-order valence-corrected chi connectivity index (χ1v) is 6.29. The summed E-state index contributed by atoms with van der Waals surface area (Å²) >= 11 is 1.77. The van der Waals surface area contributed by atoms with E-state index in [1.807, 2.05) is 6.21 Å². The summed E-state index contributed by atoms with van der Waals surface area (Å²) in [5.41, 5.74) is 2.37. The molecule has 0 fully saturated rings. The van der Waals surface area contributed by atoms with Crippen LogP contribution >= 0.6 is 11.3 Å². The van der Waals surface area contributed by atoms with E-state index in [4.69, 9.17) is 0 Å². The smallest absolute Gasteiger partial charge is 0.0630 e. The summed E-state index contributed by atoms with van der Waals surface area (Å²) in [5.74, 6) is 0. The summed E-state index contributed by atoms with van der Waals surface area (Å²) < 4.78 is 0. The lowest BCUT2D eigenvalue weighted by molar-refractivity contribution is 1.14. The van der Waals surface area contributed by atoms with Crippen LogP contribution in [0, 0.1) is 6.92 Å². The van der Waals surface area contributed by atoms with Crippen LogP contribution < -0.4 is 0 Å². The third kappa shape index (κ3) is 2.80. The second kappa shape index (κ2) is 5.08. The highest BCUT2D eigenvalue weighted by Gasteiger charge is 1.93. The molecule has 0 saturated carbocycles. The Balaban J connectivity index is 2.11. The van der Waals surface area contributed by atoms with Crippen molar-refractivity contribution in [1.29, 1.82) is 0 Å². The van der Waals surface area contributed by atoms with E-state index in [2.05, 4.69) is 55.2 Å². The zero-order chi connectivity index (χ0) is 11.4. The van der Waals surface area contributed by atoms with Gasteiger partial charge in [0.2, 0.25) is 0 Å². The van der Waals surface area contributed by atoms with Crippen molar-refractivity contribution >= 4 is 23.2 Å². The summed E-state index contributed by atoms with van der Waals surface area (Å²) in [6, 6.07) is 12.6. The molecular weight excluding hydrogens is 214 g/mol. The van der Waals surface area contributed by atoms with Crippen molar-refractivity contribution in [2.24, 2.45) is 4.99 Å². The molecule has 0 amide bonds. The van der Waals surface area contributed by atoms with Gasteiger partial charge in [0.25, 0.3) is 0 Å². The molecule has 0 unspecified atom stereocenters. The van der Waals surface area contributed by atoms with E-state index in [1.54, 1.807) is 11.3 Å². The van der Waals surface area contributed by atoms with Gasteiger partial charge in [0, 0.05) is 16.0 Å². The number of rotatable bonds is 3. The molecule has 2 heteroatoms. The summed E-state index contributed by atoms with van der Waals surface area (Å²) in [6.45, 7) is 4.27. The monoisotopic (exact) mass is 229 g/mol. The van der Waals surface area contributed by atoms with Crippen LogP contribution in [-0.2, 0) is 6.42 Å². The molecule has 0 saturated heterocycles. The predicted octanol–water partition coefficient (Wildman–Crippen LogP) is 4.37. The Morgan fingerprint density at radius 3 is 2.44 bits per heavy atom. The number of nitrogens with zero attached hydrogens (tertiary/aromatic N) is 1. The summed E-state index contributed by atoms with van der Waals surface area (Å²) in [5, 5.41) is 0. The van der Waals surface area contributed by atoms with Crippen LogP contribution in [0.2, 0.25) is 0 Å². The zero-order valence-electron chi connectivity index (χ0n) is 9.60. The molecule has 0 spiro atoms. The van der Waals surface area contributed by atoms with Gasteiger partial charge in [-0.2, -0.15) is 0 Å². The van der Waals surface area contributed by atoms with Crippen LogP contribution in [0.15, 0.2) is 41.4 Å². The van der Waals surface area contributed by atoms with E-state index in [9.17, 15) is 0 Å². The number of hydrogen-bond donors (Lipinski definition) is 0. The van der Waals surface area contributed by atoms with Gasteiger partial charge >= 0.3 is 0 Å². The van der Waals surface area contributed by atoms with Gasteiger partial charge < -0.3 is 0 Å². The first kappa shape index (κ1) is 11.1. The maximum absolute atomic E-state index is 4.45. The second-order valence-corrected chi connectivity index (χ2v) is 5.05. The van der Waals surface area contributed by atoms with Crippen LogP contribution in [0.1, 0.15) is 22.2 Å². The first-order valence-electron chi connectivity index (χ1n) is 5.47. The molecule has 2 rings (SSSR count). The number of hydrogen-bond acceptors (Lipinski definition) is 2. The van der Waals surface area contributed by atoms with Gasteiger partial charge in [0.05, 0.1) is 5.69 Å². The molecule has 0 bridgehead atoms. The van der Waals surface area contributed by atoms with Crippen LogP contribution in [0.4, 0.5) is 5.69 Å². The lowest BCUT2D eigenvalue weighted by Crippen LogP contribution is -1.77. The van der Waals surface area contributed by atoms with Gasteiger partial charge in [-0.15, -0.1) is 11.3 Å². The Morgan fingerprint density at radius 2 is 1.88 bits per heavy atom. The van der Waals surface area contributed by atoms with Gasteiger partial charge in [0.1, 0.15) is 0 Å². The van der Waals surface area contributed by atoms with Crippen molar-refractivity contribution in [3.63, 3.8) is 0 Å². The van der Waals surface area contributed by atoms with E-state index in [0.29, 0.717) is 0 Å². The van der Waals surface area contributed by atoms with Gasteiger partial charge in [-0.25, -0.2) is 0 Å². The molecule has 0 atom stereocenters. The number of aliphatic imine (C=N–C) groups is 1. The van der Waals surface area contributed by atoms with Crippen LogP contribution in [0.3, 0.4) is 0 Å². The molecule has 1 aromatic heterocycles. The van der Waals surface area contributed by atoms with E-state index >= 15 is 0 Å². The highest BCUT2D eigenvalue weighted by molar-refractivity contribution is 7.13. The molecule has 82 valence electrons. The van der Waals surface area contributed by atoms with Crippen molar-refractivity contribution in [2.45, 2.75) is 20.3 Å². The van der Waals surface area contributed by atoms with Gasteiger partial charge in [-0.1, -0.05) is 19.1 Å². The number of benzene rings is 1. The molecule has 0 radical (unpaired) electrons. The van der Waals surface area contributed by atoms with Gasteiger partial charge in [-0.05, 0) is 43.2 Å². The Morgan fingerprint density at radius 1 is 1.12 bits per heavy atom.